The Kier molecular flexibility index (Phi) is 3.80. The third-order valence-corrected chi connectivity index (χ3v) is 5.96. The first kappa shape index (κ1) is 15.6. The molecule has 0 fully saturated rings. The molecule has 120 valence electrons. The van der Waals surface area contributed by atoms with Gasteiger partial charge < -0.3 is 9.15 Å². The van der Waals surface area contributed by atoms with Crippen LogP contribution in [-0.2, 0) is 0 Å². The zero-order valence-corrected chi connectivity index (χ0v) is 15.4. The number of benzene rings is 2. The Balaban J connectivity index is 2.07. The van der Waals surface area contributed by atoms with E-state index in [4.69, 9.17) is 9.15 Å². The zero-order chi connectivity index (χ0) is 16.8. The predicted octanol–water partition coefficient (Wildman–Crippen LogP) is 5.43. The Morgan fingerprint density at radius 1 is 1.17 bits per heavy atom. The summed E-state index contributed by atoms with van der Waals surface area (Å²) in [5.41, 5.74) is 0.289. The molecule has 0 aliphatic rings. The average Bonchev–Trinajstić information content (AvgIpc) is 2.98. The number of ether oxygens (including phenoxy) is 1. The third-order valence-electron chi connectivity index (χ3n) is 3.80. The number of hydrogen-bond acceptors (Lipinski definition) is 4. The van der Waals surface area contributed by atoms with Crippen LogP contribution in [0.2, 0.25) is 0 Å². The van der Waals surface area contributed by atoms with Crippen LogP contribution in [0.3, 0.4) is 0 Å². The molecule has 2 heterocycles. The van der Waals surface area contributed by atoms with Gasteiger partial charge in [0, 0.05) is 21.0 Å². The molecule has 0 aliphatic heterocycles. The Morgan fingerprint density at radius 2 is 1.92 bits per heavy atom. The first-order valence-corrected chi connectivity index (χ1v) is 8.97. The van der Waals surface area contributed by atoms with Gasteiger partial charge in [0.05, 0.1) is 10.7 Å². The van der Waals surface area contributed by atoms with Crippen LogP contribution in [0.15, 0.2) is 51.7 Å². The molecule has 2 aromatic heterocycles. The van der Waals surface area contributed by atoms with E-state index in [0.29, 0.717) is 16.0 Å². The first-order chi connectivity index (χ1) is 11.6. The number of fused-ring (bicyclic) bond motifs is 3. The van der Waals surface area contributed by atoms with E-state index >= 15 is 0 Å². The molecule has 0 aliphatic carbocycles. The van der Waals surface area contributed by atoms with Gasteiger partial charge in [-0.05, 0) is 65.1 Å². The minimum absolute atomic E-state index is 0.328. The van der Waals surface area contributed by atoms with Gasteiger partial charge in [0.1, 0.15) is 16.3 Å². The van der Waals surface area contributed by atoms with Gasteiger partial charge in [-0.3, -0.25) is 0 Å². The van der Waals surface area contributed by atoms with E-state index in [9.17, 15) is 9.18 Å². The number of thiophene rings is 1. The quantitative estimate of drug-likeness (QED) is 0.381. The predicted molar refractivity (Wildman–Crippen MR) is 103 cm³/mol. The number of hydrogen-bond donors (Lipinski definition) is 0. The highest BCUT2D eigenvalue weighted by Gasteiger charge is 2.18. The molecule has 24 heavy (non-hydrogen) atoms. The molecular weight excluding hydrogens is 442 g/mol. The summed E-state index contributed by atoms with van der Waals surface area (Å²) in [6.45, 7) is 0. The minimum atomic E-state index is -0.384. The molecule has 0 amide bonds. The van der Waals surface area contributed by atoms with Gasteiger partial charge in [0.25, 0.3) is 0 Å². The van der Waals surface area contributed by atoms with Gasteiger partial charge in [-0.15, -0.1) is 11.3 Å². The van der Waals surface area contributed by atoms with E-state index in [1.54, 1.807) is 19.2 Å². The highest BCUT2D eigenvalue weighted by Crippen LogP contribution is 2.39. The van der Waals surface area contributed by atoms with E-state index in [-0.39, 0.29) is 11.4 Å². The molecule has 6 heteroatoms. The van der Waals surface area contributed by atoms with Gasteiger partial charge in [0.15, 0.2) is 5.76 Å². The normalized spacial score (nSPS) is 11.3. The standard InChI is InChI=1S/C18H10FIO3S/c1-22-11-6-7-12-13(8-11)24-17-14(12)15(20)16(23-18(17)21)9-2-4-10(19)5-3-9/h2-8H,1H3. The lowest BCUT2D eigenvalue weighted by molar-refractivity contribution is 0.415. The molecule has 0 bridgehead atoms. The van der Waals surface area contributed by atoms with Crippen LogP contribution in [0.1, 0.15) is 0 Å². The Hall–Kier alpha value is -1.93. The smallest absolute Gasteiger partial charge is 0.354 e. The molecular formula is C18H10FIO3S. The number of halogens is 2. The fourth-order valence-electron chi connectivity index (χ4n) is 2.65. The second-order valence-electron chi connectivity index (χ2n) is 5.21. The van der Waals surface area contributed by atoms with Crippen molar-refractivity contribution in [3.05, 3.63) is 62.3 Å². The van der Waals surface area contributed by atoms with Crippen LogP contribution in [-0.4, -0.2) is 7.11 Å². The fraction of sp³-hybridized carbons (Fsp3) is 0.0556. The van der Waals surface area contributed by atoms with Gasteiger partial charge in [0.2, 0.25) is 0 Å². The van der Waals surface area contributed by atoms with E-state index in [1.807, 2.05) is 18.2 Å². The molecule has 0 spiro atoms. The average molecular weight is 452 g/mol. The maximum atomic E-state index is 13.2. The van der Waals surface area contributed by atoms with Crippen LogP contribution >= 0.6 is 33.9 Å². The maximum Gasteiger partial charge on any atom is 0.354 e. The van der Waals surface area contributed by atoms with Gasteiger partial charge >= 0.3 is 5.63 Å². The monoisotopic (exact) mass is 452 g/mol. The summed E-state index contributed by atoms with van der Waals surface area (Å²) >= 11 is 3.57. The molecule has 0 radical (unpaired) electrons. The van der Waals surface area contributed by atoms with Crippen LogP contribution in [0.4, 0.5) is 4.39 Å². The molecule has 0 unspecified atom stereocenters. The molecule has 0 N–H and O–H groups in total. The first-order valence-electron chi connectivity index (χ1n) is 7.07. The second kappa shape index (κ2) is 5.86. The lowest BCUT2D eigenvalue weighted by Gasteiger charge is -2.05. The lowest BCUT2D eigenvalue weighted by Crippen LogP contribution is -2.00. The van der Waals surface area contributed by atoms with Crippen molar-refractivity contribution in [1.29, 1.82) is 0 Å². The summed E-state index contributed by atoms with van der Waals surface area (Å²) < 4.78 is 26.3. The van der Waals surface area contributed by atoms with Crippen molar-refractivity contribution < 1.29 is 13.5 Å². The molecule has 0 saturated carbocycles. The summed E-state index contributed by atoms with van der Waals surface area (Å²) in [6, 6.07) is 11.7. The topological polar surface area (TPSA) is 39.4 Å². The van der Waals surface area contributed by atoms with Crippen LogP contribution < -0.4 is 10.4 Å². The third kappa shape index (κ3) is 2.41. The molecule has 0 saturated heterocycles. The Bertz CT molecular complexity index is 1130. The number of rotatable bonds is 2. The van der Waals surface area contributed by atoms with Crippen molar-refractivity contribution in [1.82, 2.24) is 0 Å². The van der Waals surface area contributed by atoms with E-state index in [1.165, 1.54) is 23.5 Å². The summed E-state index contributed by atoms with van der Waals surface area (Å²) in [4.78, 5) is 12.5. The van der Waals surface area contributed by atoms with E-state index in [2.05, 4.69) is 22.6 Å². The SMILES string of the molecule is COc1ccc2c(c1)sc1c(=O)oc(-c3ccc(F)cc3)c(I)c12. The Labute approximate surface area is 153 Å². The van der Waals surface area contributed by atoms with Crippen molar-refractivity contribution in [2.45, 2.75) is 0 Å². The highest BCUT2D eigenvalue weighted by atomic mass is 127. The van der Waals surface area contributed by atoms with Crippen molar-refractivity contribution >= 4 is 54.1 Å². The maximum absolute atomic E-state index is 13.2. The fourth-order valence-corrected chi connectivity index (χ4v) is 4.93. The van der Waals surface area contributed by atoms with Crippen LogP contribution in [0.25, 0.3) is 31.5 Å². The summed E-state index contributed by atoms with van der Waals surface area (Å²) in [5.74, 6) is 0.876. The molecule has 0 atom stereocenters. The van der Waals surface area contributed by atoms with Crippen molar-refractivity contribution in [3.8, 4) is 17.1 Å². The van der Waals surface area contributed by atoms with Crippen LogP contribution in [0.5, 0.6) is 5.75 Å². The van der Waals surface area contributed by atoms with Gasteiger partial charge in [-0.2, -0.15) is 0 Å². The second-order valence-corrected chi connectivity index (χ2v) is 7.34. The number of methoxy groups -OCH3 is 1. The van der Waals surface area contributed by atoms with Gasteiger partial charge in [-0.25, -0.2) is 9.18 Å². The molecule has 2 aromatic carbocycles. The lowest BCUT2D eigenvalue weighted by atomic mass is 10.1. The molecule has 4 rings (SSSR count). The largest absolute Gasteiger partial charge is 0.497 e. The van der Waals surface area contributed by atoms with Crippen molar-refractivity contribution in [2.75, 3.05) is 7.11 Å². The van der Waals surface area contributed by atoms with E-state index in [0.717, 1.165) is 24.8 Å². The summed E-state index contributed by atoms with van der Waals surface area (Å²) in [6.07, 6.45) is 0. The highest BCUT2D eigenvalue weighted by molar-refractivity contribution is 14.1. The summed E-state index contributed by atoms with van der Waals surface area (Å²) in [7, 11) is 1.61. The molecule has 4 aromatic rings. The van der Waals surface area contributed by atoms with E-state index < -0.39 is 0 Å². The van der Waals surface area contributed by atoms with Crippen LogP contribution in [0, 0.1) is 9.39 Å². The zero-order valence-electron chi connectivity index (χ0n) is 12.4. The van der Waals surface area contributed by atoms with Gasteiger partial charge in [-0.1, -0.05) is 0 Å². The van der Waals surface area contributed by atoms with Crippen molar-refractivity contribution in [2.24, 2.45) is 0 Å². The minimum Gasteiger partial charge on any atom is -0.497 e. The summed E-state index contributed by atoms with van der Waals surface area (Å²) in [5, 5.41) is 1.85. The van der Waals surface area contributed by atoms with Crippen molar-refractivity contribution in [3.63, 3.8) is 0 Å². The Morgan fingerprint density at radius 3 is 2.62 bits per heavy atom. The molecule has 3 nitrogen and oxygen atoms in total.